The van der Waals surface area contributed by atoms with Crippen LogP contribution in [-0.4, -0.2) is 44.5 Å². The summed E-state index contributed by atoms with van der Waals surface area (Å²) in [4.78, 5) is 19.0. The molecule has 0 aliphatic carbocycles. The van der Waals surface area contributed by atoms with E-state index < -0.39 is 0 Å². The molecule has 4 rings (SSSR count). The first-order chi connectivity index (χ1) is 16.6. The van der Waals surface area contributed by atoms with Crippen molar-refractivity contribution in [2.75, 3.05) is 29.1 Å². The molecular formula is C26H28N6OS. The Morgan fingerprint density at radius 3 is 2.26 bits per heavy atom. The van der Waals surface area contributed by atoms with E-state index in [1.54, 1.807) is 12.4 Å². The van der Waals surface area contributed by atoms with Crippen LogP contribution in [0.3, 0.4) is 0 Å². The number of pyridine rings is 1. The zero-order valence-corrected chi connectivity index (χ0v) is 20.4. The van der Waals surface area contributed by atoms with Gasteiger partial charge in [0.15, 0.2) is 11.0 Å². The van der Waals surface area contributed by atoms with Crippen LogP contribution in [0, 0.1) is 6.92 Å². The van der Waals surface area contributed by atoms with Crippen LogP contribution in [0.2, 0.25) is 0 Å². The maximum atomic E-state index is 12.7. The summed E-state index contributed by atoms with van der Waals surface area (Å²) in [6.07, 6.45) is 3.46. The number of hydrogen-bond donors (Lipinski definition) is 1. The van der Waals surface area contributed by atoms with Crippen molar-refractivity contribution in [2.24, 2.45) is 0 Å². The Hall–Kier alpha value is -3.65. The quantitative estimate of drug-likeness (QED) is 0.337. The van der Waals surface area contributed by atoms with Crippen LogP contribution >= 0.6 is 11.8 Å². The maximum Gasteiger partial charge on any atom is 0.234 e. The topological polar surface area (TPSA) is 75.9 Å². The maximum absolute atomic E-state index is 12.7. The molecule has 0 bridgehead atoms. The number of aromatic nitrogens is 4. The summed E-state index contributed by atoms with van der Waals surface area (Å²) in [5, 5.41) is 12.4. The van der Waals surface area contributed by atoms with E-state index in [1.807, 2.05) is 60.0 Å². The molecule has 2 aromatic heterocycles. The smallest absolute Gasteiger partial charge is 0.234 e. The van der Waals surface area contributed by atoms with Gasteiger partial charge in [-0.2, -0.15) is 0 Å². The van der Waals surface area contributed by atoms with Gasteiger partial charge in [-0.1, -0.05) is 29.5 Å². The minimum absolute atomic E-state index is 0.0930. The first-order valence-electron chi connectivity index (χ1n) is 11.3. The zero-order valence-electron chi connectivity index (χ0n) is 19.6. The largest absolute Gasteiger partial charge is 0.372 e. The molecule has 0 spiro atoms. The monoisotopic (exact) mass is 472 g/mol. The standard InChI is InChI=1S/C26H28N6OS/c1-4-31(5-2)22-12-8-21(9-13-22)28-24(33)18-34-26-30-29-25(20-14-16-27-17-15-20)32(26)23-10-6-19(3)7-11-23/h6-17H,4-5,18H2,1-3H3,(H,28,33). The molecule has 0 aliphatic rings. The van der Waals surface area contributed by atoms with Gasteiger partial charge in [0.25, 0.3) is 0 Å². The van der Waals surface area contributed by atoms with Crippen LogP contribution < -0.4 is 10.2 Å². The minimum Gasteiger partial charge on any atom is -0.372 e. The molecule has 174 valence electrons. The van der Waals surface area contributed by atoms with Gasteiger partial charge in [-0.05, 0) is 69.3 Å². The molecule has 0 atom stereocenters. The first kappa shape index (κ1) is 23.5. The third-order valence-electron chi connectivity index (χ3n) is 5.48. The Morgan fingerprint density at radius 1 is 0.941 bits per heavy atom. The number of thioether (sulfide) groups is 1. The van der Waals surface area contributed by atoms with E-state index in [4.69, 9.17) is 0 Å². The highest BCUT2D eigenvalue weighted by molar-refractivity contribution is 7.99. The molecule has 0 saturated carbocycles. The molecule has 4 aromatic rings. The number of nitrogens with one attached hydrogen (secondary N) is 1. The summed E-state index contributed by atoms with van der Waals surface area (Å²) in [6.45, 7) is 8.20. The highest BCUT2D eigenvalue weighted by Gasteiger charge is 2.17. The van der Waals surface area contributed by atoms with E-state index in [0.29, 0.717) is 11.0 Å². The number of benzene rings is 2. The fraction of sp³-hybridized carbons (Fsp3) is 0.231. The van der Waals surface area contributed by atoms with E-state index in [2.05, 4.69) is 51.4 Å². The summed E-state index contributed by atoms with van der Waals surface area (Å²) >= 11 is 1.36. The van der Waals surface area contributed by atoms with Gasteiger partial charge in [0.05, 0.1) is 5.75 Å². The molecule has 0 fully saturated rings. The number of carbonyl (C=O) groups excluding carboxylic acids is 1. The van der Waals surface area contributed by atoms with E-state index in [9.17, 15) is 4.79 Å². The van der Waals surface area contributed by atoms with Crippen LogP contribution in [0.25, 0.3) is 17.1 Å². The molecule has 0 unspecified atom stereocenters. The Morgan fingerprint density at radius 2 is 1.62 bits per heavy atom. The second-order valence-electron chi connectivity index (χ2n) is 7.77. The summed E-state index contributed by atoms with van der Waals surface area (Å²) in [7, 11) is 0. The fourth-order valence-electron chi connectivity index (χ4n) is 3.65. The Bertz CT molecular complexity index is 1220. The fourth-order valence-corrected chi connectivity index (χ4v) is 4.40. The number of nitrogens with zero attached hydrogens (tertiary/aromatic N) is 5. The molecule has 2 aromatic carbocycles. The lowest BCUT2D eigenvalue weighted by Gasteiger charge is -2.21. The zero-order chi connectivity index (χ0) is 23.9. The van der Waals surface area contributed by atoms with Crippen molar-refractivity contribution in [1.82, 2.24) is 19.7 Å². The molecule has 0 radical (unpaired) electrons. The molecular weight excluding hydrogens is 444 g/mol. The van der Waals surface area contributed by atoms with Crippen molar-refractivity contribution < 1.29 is 4.79 Å². The lowest BCUT2D eigenvalue weighted by molar-refractivity contribution is -0.113. The molecule has 34 heavy (non-hydrogen) atoms. The number of rotatable bonds is 9. The number of amides is 1. The summed E-state index contributed by atoms with van der Waals surface area (Å²) in [6, 6.07) is 19.9. The van der Waals surface area contributed by atoms with Crippen molar-refractivity contribution in [3.63, 3.8) is 0 Å². The molecule has 0 saturated heterocycles. The first-order valence-corrected chi connectivity index (χ1v) is 12.3. The van der Waals surface area contributed by atoms with Crippen molar-refractivity contribution in [3.05, 3.63) is 78.6 Å². The normalized spacial score (nSPS) is 10.8. The van der Waals surface area contributed by atoms with Crippen molar-refractivity contribution in [3.8, 4) is 17.1 Å². The van der Waals surface area contributed by atoms with E-state index in [0.717, 1.165) is 35.7 Å². The summed E-state index contributed by atoms with van der Waals surface area (Å²) < 4.78 is 1.98. The predicted octanol–water partition coefficient (Wildman–Crippen LogP) is 5.21. The van der Waals surface area contributed by atoms with E-state index in [1.165, 1.54) is 17.3 Å². The molecule has 1 N–H and O–H groups in total. The van der Waals surface area contributed by atoms with Crippen molar-refractivity contribution >= 4 is 29.0 Å². The van der Waals surface area contributed by atoms with Gasteiger partial charge in [0, 0.05) is 48.1 Å². The predicted molar refractivity (Wildman–Crippen MR) is 139 cm³/mol. The van der Waals surface area contributed by atoms with Gasteiger partial charge >= 0.3 is 0 Å². The van der Waals surface area contributed by atoms with Crippen LogP contribution in [0.5, 0.6) is 0 Å². The van der Waals surface area contributed by atoms with Crippen LogP contribution in [0.1, 0.15) is 19.4 Å². The van der Waals surface area contributed by atoms with Crippen LogP contribution in [0.4, 0.5) is 11.4 Å². The molecule has 0 aliphatic heterocycles. The van der Waals surface area contributed by atoms with Crippen molar-refractivity contribution in [2.45, 2.75) is 25.9 Å². The SMILES string of the molecule is CCN(CC)c1ccc(NC(=O)CSc2nnc(-c3ccncc3)n2-c2ccc(C)cc2)cc1. The average Bonchev–Trinajstić information content (AvgIpc) is 3.29. The number of carbonyl (C=O) groups is 1. The highest BCUT2D eigenvalue weighted by atomic mass is 32.2. The second-order valence-corrected chi connectivity index (χ2v) is 8.71. The second kappa shape index (κ2) is 11.0. The highest BCUT2D eigenvalue weighted by Crippen LogP contribution is 2.28. The van der Waals surface area contributed by atoms with Gasteiger partial charge < -0.3 is 10.2 Å². The summed E-state index contributed by atoms with van der Waals surface area (Å²) in [5.41, 5.74) is 4.94. The van der Waals surface area contributed by atoms with Gasteiger partial charge in [0.2, 0.25) is 5.91 Å². The van der Waals surface area contributed by atoms with Gasteiger partial charge in [-0.25, -0.2) is 0 Å². The lowest BCUT2D eigenvalue weighted by Crippen LogP contribution is -2.21. The number of aryl methyl sites for hydroxylation is 1. The number of hydrogen-bond acceptors (Lipinski definition) is 6. The third kappa shape index (κ3) is 5.46. The van der Waals surface area contributed by atoms with Crippen LogP contribution in [-0.2, 0) is 4.79 Å². The van der Waals surface area contributed by atoms with E-state index >= 15 is 0 Å². The minimum atomic E-state index is -0.0930. The molecule has 8 heteroatoms. The van der Waals surface area contributed by atoms with Gasteiger partial charge in [-0.15, -0.1) is 10.2 Å². The Balaban J connectivity index is 1.50. The number of anilines is 2. The Kier molecular flexibility index (Phi) is 7.59. The third-order valence-corrected chi connectivity index (χ3v) is 6.41. The molecule has 1 amide bonds. The van der Waals surface area contributed by atoms with E-state index in [-0.39, 0.29) is 11.7 Å². The lowest BCUT2D eigenvalue weighted by atomic mass is 10.2. The summed E-state index contributed by atoms with van der Waals surface area (Å²) in [5.74, 6) is 0.837. The van der Waals surface area contributed by atoms with Crippen molar-refractivity contribution in [1.29, 1.82) is 0 Å². The molecule has 7 nitrogen and oxygen atoms in total. The van der Waals surface area contributed by atoms with Crippen LogP contribution in [0.15, 0.2) is 78.2 Å². The average molecular weight is 473 g/mol. The van der Waals surface area contributed by atoms with Gasteiger partial charge in [0.1, 0.15) is 0 Å². The molecule has 2 heterocycles. The Labute approximate surface area is 204 Å². The van der Waals surface area contributed by atoms with Gasteiger partial charge in [-0.3, -0.25) is 14.3 Å².